The molecular formula is C19H26F2O4. The molecule has 0 saturated heterocycles. The molecule has 0 heterocycles. The fourth-order valence-electron chi connectivity index (χ4n) is 2.46. The number of alkyl halides is 2. The van der Waals surface area contributed by atoms with E-state index in [0.29, 0.717) is 12.0 Å². The van der Waals surface area contributed by atoms with Crippen molar-refractivity contribution in [1.29, 1.82) is 0 Å². The Labute approximate surface area is 147 Å². The minimum Gasteiger partial charge on any atom is -0.481 e. The van der Waals surface area contributed by atoms with Crippen LogP contribution in [-0.2, 0) is 20.7 Å². The highest BCUT2D eigenvalue weighted by Gasteiger charge is 2.34. The topological polar surface area (TPSA) is 63.6 Å². The van der Waals surface area contributed by atoms with Crippen LogP contribution in [0.3, 0.4) is 0 Å². The van der Waals surface area contributed by atoms with Crippen molar-refractivity contribution in [1.82, 2.24) is 0 Å². The molecule has 6 heteroatoms. The van der Waals surface area contributed by atoms with Gasteiger partial charge < -0.3 is 9.84 Å². The number of rotatable bonds is 8. The molecule has 0 spiro atoms. The van der Waals surface area contributed by atoms with Gasteiger partial charge in [-0.2, -0.15) is 0 Å². The number of ether oxygens (including phenoxy) is 1. The van der Waals surface area contributed by atoms with Crippen molar-refractivity contribution in [3.8, 4) is 0 Å². The van der Waals surface area contributed by atoms with Gasteiger partial charge in [-0.25, -0.2) is 8.78 Å². The molecule has 4 nitrogen and oxygen atoms in total. The van der Waals surface area contributed by atoms with Crippen molar-refractivity contribution in [2.45, 2.75) is 59.5 Å². The van der Waals surface area contributed by atoms with E-state index < -0.39 is 24.3 Å². The molecule has 0 aliphatic heterocycles. The number of carbonyl (C=O) groups is 2. The average Bonchev–Trinajstić information content (AvgIpc) is 2.51. The maximum absolute atomic E-state index is 12.6. The smallest absolute Gasteiger partial charge is 0.320 e. The molecule has 0 aliphatic carbocycles. The summed E-state index contributed by atoms with van der Waals surface area (Å²) in [5, 5.41) is 9.37. The second-order valence-corrected chi connectivity index (χ2v) is 7.22. The predicted octanol–water partition coefficient (Wildman–Crippen LogP) is 4.63. The Morgan fingerprint density at radius 1 is 1.16 bits per heavy atom. The summed E-state index contributed by atoms with van der Waals surface area (Å²) in [7, 11) is 0. The Morgan fingerprint density at radius 3 is 2.12 bits per heavy atom. The first-order valence-electron chi connectivity index (χ1n) is 8.36. The lowest BCUT2D eigenvalue weighted by Gasteiger charge is -2.31. The van der Waals surface area contributed by atoms with Crippen LogP contribution in [0.25, 0.3) is 0 Å². The summed E-state index contributed by atoms with van der Waals surface area (Å²) in [4.78, 5) is 23.9. The minimum atomic E-state index is -2.59. The van der Waals surface area contributed by atoms with Gasteiger partial charge in [0.2, 0.25) is 0 Å². The number of carboxylic acids is 1. The van der Waals surface area contributed by atoms with E-state index in [9.17, 15) is 23.5 Å². The van der Waals surface area contributed by atoms with Gasteiger partial charge in [0, 0.05) is 5.56 Å². The molecule has 2 atom stereocenters. The van der Waals surface area contributed by atoms with Crippen LogP contribution in [-0.4, -0.2) is 23.1 Å². The monoisotopic (exact) mass is 356 g/mol. The molecule has 25 heavy (non-hydrogen) atoms. The van der Waals surface area contributed by atoms with Gasteiger partial charge in [-0.3, -0.25) is 9.59 Å². The first-order valence-corrected chi connectivity index (χ1v) is 8.36. The number of hydrogen-bond donors (Lipinski definition) is 1. The molecule has 0 amide bonds. The van der Waals surface area contributed by atoms with Crippen LogP contribution >= 0.6 is 0 Å². The fourth-order valence-corrected chi connectivity index (χ4v) is 2.46. The molecule has 1 aromatic carbocycles. The van der Waals surface area contributed by atoms with Crippen molar-refractivity contribution in [2.24, 2.45) is 11.3 Å². The second kappa shape index (κ2) is 8.92. The minimum absolute atomic E-state index is 0.0966. The van der Waals surface area contributed by atoms with Gasteiger partial charge in [-0.1, -0.05) is 58.4 Å². The van der Waals surface area contributed by atoms with Crippen molar-refractivity contribution in [3.63, 3.8) is 0 Å². The molecule has 140 valence electrons. The van der Waals surface area contributed by atoms with Crippen LogP contribution in [0.5, 0.6) is 0 Å². The number of carbonyl (C=O) groups excluding carboxylic acids is 1. The zero-order valence-corrected chi connectivity index (χ0v) is 15.1. The highest BCUT2D eigenvalue weighted by molar-refractivity contribution is 5.94. The normalized spacial score (nSPS) is 14.2. The van der Waals surface area contributed by atoms with E-state index in [4.69, 9.17) is 4.74 Å². The highest BCUT2D eigenvalue weighted by Crippen LogP contribution is 2.27. The van der Waals surface area contributed by atoms with E-state index in [0.717, 1.165) is 6.42 Å². The van der Waals surface area contributed by atoms with E-state index >= 15 is 0 Å². The molecule has 1 rings (SSSR count). The maximum Gasteiger partial charge on any atom is 0.320 e. The summed E-state index contributed by atoms with van der Waals surface area (Å²) < 4.78 is 30.6. The Balaban J connectivity index is 2.88. The van der Waals surface area contributed by atoms with Crippen LogP contribution in [0.4, 0.5) is 8.78 Å². The van der Waals surface area contributed by atoms with Crippen LogP contribution in [0.15, 0.2) is 24.3 Å². The van der Waals surface area contributed by atoms with Crippen LogP contribution in [0, 0.1) is 11.3 Å². The van der Waals surface area contributed by atoms with Gasteiger partial charge in [0.1, 0.15) is 6.10 Å². The summed E-state index contributed by atoms with van der Waals surface area (Å²) in [6.07, 6.45) is -1.61. The van der Waals surface area contributed by atoms with E-state index in [1.807, 2.05) is 27.7 Å². The van der Waals surface area contributed by atoms with Gasteiger partial charge in [-0.05, 0) is 23.8 Å². The fraction of sp³-hybridized carbons (Fsp3) is 0.579. The van der Waals surface area contributed by atoms with Gasteiger partial charge in [-0.15, -0.1) is 0 Å². The average molecular weight is 356 g/mol. The molecule has 0 aliphatic rings. The maximum atomic E-state index is 12.6. The summed E-state index contributed by atoms with van der Waals surface area (Å²) in [6, 6.07) is 5.30. The number of carboxylic acid groups (broad SMARTS) is 1. The first kappa shape index (κ1) is 21.1. The molecule has 2 unspecified atom stereocenters. The molecule has 0 radical (unpaired) electrons. The Hall–Kier alpha value is -1.98. The van der Waals surface area contributed by atoms with E-state index in [2.05, 4.69) is 0 Å². The molecule has 0 saturated carbocycles. The van der Waals surface area contributed by atoms with E-state index in [1.54, 1.807) is 0 Å². The standard InChI is InChI=1S/C19H26F2O4/c1-5-6-15(19(2,3)4)25-18(24)14(17(22)23)11-12-7-9-13(10-8-12)16(20)21/h7-10,14-16H,5-6,11H2,1-4H3,(H,22,23). The molecule has 1 N–H and O–H groups in total. The third kappa shape index (κ3) is 6.44. The van der Waals surface area contributed by atoms with E-state index in [1.165, 1.54) is 24.3 Å². The zero-order valence-electron chi connectivity index (χ0n) is 15.1. The third-order valence-corrected chi connectivity index (χ3v) is 4.03. The summed E-state index contributed by atoms with van der Waals surface area (Å²) >= 11 is 0. The zero-order chi connectivity index (χ0) is 19.2. The number of esters is 1. The lowest BCUT2D eigenvalue weighted by molar-refractivity contribution is -0.167. The van der Waals surface area contributed by atoms with Crippen molar-refractivity contribution >= 4 is 11.9 Å². The van der Waals surface area contributed by atoms with Crippen LogP contribution < -0.4 is 0 Å². The third-order valence-electron chi connectivity index (χ3n) is 4.03. The second-order valence-electron chi connectivity index (χ2n) is 7.22. The van der Waals surface area contributed by atoms with Gasteiger partial charge in [0.15, 0.2) is 5.92 Å². The molecule has 0 fully saturated rings. The highest BCUT2D eigenvalue weighted by atomic mass is 19.3. The molecule has 0 aromatic heterocycles. The molecule has 1 aromatic rings. The Bertz CT molecular complexity index is 576. The lowest BCUT2D eigenvalue weighted by atomic mass is 9.86. The predicted molar refractivity (Wildman–Crippen MR) is 90.5 cm³/mol. The summed E-state index contributed by atoms with van der Waals surface area (Å²) in [6.45, 7) is 7.75. The molecule has 0 bridgehead atoms. The van der Waals surface area contributed by atoms with Crippen molar-refractivity contribution in [2.75, 3.05) is 0 Å². The lowest BCUT2D eigenvalue weighted by Crippen LogP contribution is -2.36. The number of benzene rings is 1. The number of halogens is 2. The van der Waals surface area contributed by atoms with Gasteiger partial charge >= 0.3 is 11.9 Å². The van der Waals surface area contributed by atoms with Crippen LogP contribution in [0.2, 0.25) is 0 Å². The Kier molecular flexibility index (Phi) is 7.52. The Morgan fingerprint density at radius 2 is 1.72 bits per heavy atom. The number of hydrogen-bond acceptors (Lipinski definition) is 3. The van der Waals surface area contributed by atoms with Crippen molar-refractivity contribution in [3.05, 3.63) is 35.4 Å². The summed E-state index contributed by atoms with van der Waals surface area (Å²) in [5.74, 6) is -3.44. The number of aliphatic carboxylic acids is 1. The quantitative estimate of drug-likeness (QED) is 0.545. The summed E-state index contributed by atoms with van der Waals surface area (Å²) in [5.41, 5.74) is 0.0543. The SMILES string of the molecule is CCCC(OC(=O)C(Cc1ccc(C(F)F)cc1)C(=O)O)C(C)(C)C. The van der Waals surface area contributed by atoms with Crippen molar-refractivity contribution < 1.29 is 28.2 Å². The first-order chi connectivity index (χ1) is 11.6. The molecular weight excluding hydrogens is 330 g/mol. The largest absolute Gasteiger partial charge is 0.481 e. The van der Waals surface area contributed by atoms with Gasteiger partial charge in [0.05, 0.1) is 0 Å². The van der Waals surface area contributed by atoms with Crippen LogP contribution in [0.1, 0.15) is 58.1 Å². The van der Waals surface area contributed by atoms with E-state index in [-0.39, 0.29) is 23.5 Å². The van der Waals surface area contributed by atoms with Gasteiger partial charge in [0.25, 0.3) is 6.43 Å².